The number of nitrogens with one attached hydrogen (secondary N) is 1. The molecule has 1 saturated heterocycles. The van der Waals surface area contributed by atoms with Crippen molar-refractivity contribution in [2.24, 2.45) is 0 Å². The molecule has 1 heterocycles. The fraction of sp³-hybridized carbons (Fsp3) is 0.429. The third-order valence-electron chi connectivity index (χ3n) is 3.01. The van der Waals surface area contributed by atoms with Crippen molar-refractivity contribution in [1.29, 1.82) is 5.26 Å². The molecular formula is C14H16N2O2S. The van der Waals surface area contributed by atoms with Crippen LogP contribution in [0, 0.1) is 11.3 Å². The zero-order valence-electron chi connectivity index (χ0n) is 10.8. The molecule has 1 aliphatic rings. The van der Waals surface area contributed by atoms with Gasteiger partial charge in [0.1, 0.15) is 0 Å². The van der Waals surface area contributed by atoms with Crippen molar-refractivity contribution in [2.75, 3.05) is 17.7 Å². The van der Waals surface area contributed by atoms with E-state index >= 15 is 0 Å². The Bertz CT molecular complexity index is 498. The van der Waals surface area contributed by atoms with Crippen LogP contribution in [-0.2, 0) is 9.53 Å². The molecular weight excluding hydrogens is 260 g/mol. The molecule has 19 heavy (non-hydrogen) atoms. The lowest BCUT2D eigenvalue weighted by molar-refractivity contribution is -0.113. The zero-order chi connectivity index (χ0) is 13.7. The molecule has 2 rings (SSSR count). The summed E-state index contributed by atoms with van der Waals surface area (Å²) in [6, 6.07) is 8.97. The lowest BCUT2D eigenvalue weighted by Gasteiger charge is -2.13. The van der Waals surface area contributed by atoms with Crippen LogP contribution in [0.15, 0.2) is 24.3 Å². The molecule has 1 fully saturated rings. The van der Waals surface area contributed by atoms with Gasteiger partial charge in [-0.05, 0) is 31.5 Å². The molecule has 1 N–H and O–H groups in total. The van der Waals surface area contributed by atoms with Crippen LogP contribution in [-0.4, -0.2) is 29.6 Å². The molecule has 0 aromatic heterocycles. The van der Waals surface area contributed by atoms with E-state index < -0.39 is 0 Å². The van der Waals surface area contributed by atoms with Crippen molar-refractivity contribution in [1.82, 2.24) is 0 Å². The highest BCUT2D eigenvalue weighted by atomic mass is 32.2. The number of carbonyl (C=O) groups is 1. The lowest BCUT2D eigenvalue weighted by atomic mass is 10.2. The van der Waals surface area contributed by atoms with Crippen LogP contribution in [0.1, 0.15) is 18.9 Å². The van der Waals surface area contributed by atoms with Gasteiger partial charge in [-0.3, -0.25) is 4.79 Å². The number of benzene rings is 1. The Morgan fingerprint density at radius 3 is 3.16 bits per heavy atom. The van der Waals surface area contributed by atoms with E-state index in [0.717, 1.165) is 13.0 Å². The van der Waals surface area contributed by atoms with Crippen LogP contribution in [0.25, 0.3) is 0 Å². The topological polar surface area (TPSA) is 62.1 Å². The highest BCUT2D eigenvalue weighted by Crippen LogP contribution is 2.26. The first kappa shape index (κ1) is 13.9. The average molecular weight is 276 g/mol. The fourth-order valence-corrected chi connectivity index (χ4v) is 3.03. The molecule has 0 radical (unpaired) electrons. The number of nitrogens with zero attached hydrogens (tertiary/aromatic N) is 1. The standard InChI is InChI=1S/C14H16N2O2S/c1-10-13(5-6-18-10)19-9-14(17)16-12-4-2-3-11(7-12)8-15/h2-4,7,10,13H,5-6,9H2,1H3,(H,16,17). The van der Waals surface area contributed by atoms with Crippen LogP contribution in [0.3, 0.4) is 0 Å². The van der Waals surface area contributed by atoms with E-state index in [4.69, 9.17) is 10.00 Å². The summed E-state index contributed by atoms with van der Waals surface area (Å²) in [7, 11) is 0. The minimum Gasteiger partial charge on any atom is -0.377 e. The summed E-state index contributed by atoms with van der Waals surface area (Å²) in [5.41, 5.74) is 1.21. The van der Waals surface area contributed by atoms with E-state index in [1.54, 1.807) is 36.0 Å². The van der Waals surface area contributed by atoms with Crippen LogP contribution >= 0.6 is 11.8 Å². The average Bonchev–Trinajstić information content (AvgIpc) is 2.82. The normalized spacial score (nSPS) is 21.9. The monoisotopic (exact) mass is 276 g/mol. The first-order valence-corrected chi connectivity index (χ1v) is 7.27. The maximum absolute atomic E-state index is 11.8. The van der Waals surface area contributed by atoms with E-state index in [1.807, 2.05) is 6.92 Å². The Labute approximate surface area is 117 Å². The van der Waals surface area contributed by atoms with Gasteiger partial charge >= 0.3 is 0 Å². The molecule has 0 bridgehead atoms. The summed E-state index contributed by atoms with van der Waals surface area (Å²) in [6.07, 6.45) is 1.22. The van der Waals surface area contributed by atoms with Crippen molar-refractivity contribution in [3.8, 4) is 6.07 Å². The Balaban J connectivity index is 1.82. The summed E-state index contributed by atoms with van der Waals surface area (Å²) >= 11 is 1.63. The second kappa shape index (κ2) is 6.60. The van der Waals surface area contributed by atoms with Gasteiger partial charge in [0.2, 0.25) is 5.91 Å². The number of hydrogen-bond acceptors (Lipinski definition) is 4. The molecule has 5 heteroatoms. The first-order valence-electron chi connectivity index (χ1n) is 6.22. The van der Waals surface area contributed by atoms with E-state index in [2.05, 4.69) is 11.4 Å². The molecule has 1 aromatic carbocycles. The van der Waals surface area contributed by atoms with Gasteiger partial charge in [0, 0.05) is 17.5 Å². The van der Waals surface area contributed by atoms with Crippen LogP contribution < -0.4 is 5.32 Å². The molecule has 1 aromatic rings. The Morgan fingerprint density at radius 1 is 1.63 bits per heavy atom. The van der Waals surface area contributed by atoms with Crippen LogP contribution in [0.5, 0.6) is 0 Å². The van der Waals surface area contributed by atoms with E-state index in [-0.39, 0.29) is 12.0 Å². The lowest BCUT2D eigenvalue weighted by Crippen LogP contribution is -2.19. The van der Waals surface area contributed by atoms with Crippen molar-refractivity contribution in [3.63, 3.8) is 0 Å². The van der Waals surface area contributed by atoms with Crippen molar-refractivity contribution in [3.05, 3.63) is 29.8 Å². The van der Waals surface area contributed by atoms with E-state index in [9.17, 15) is 4.79 Å². The van der Waals surface area contributed by atoms with Crippen molar-refractivity contribution in [2.45, 2.75) is 24.7 Å². The molecule has 0 spiro atoms. The van der Waals surface area contributed by atoms with Crippen molar-refractivity contribution < 1.29 is 9.53 Å². The summed E-state index contributed by atoms with van der Waals surface area (Å²) in [5.74, 6) is 0.369. The Morgan fingerprint density at radius 2 is 2.47 bits per heavy atom. The largest absolute Gasteiger partial charge is 0.377 e. The number of thioether (sulfide) groups is 1. The third kappa shape index (κ3) is 3.98. The summed E-state index contributed by atoms with van der Waals surface area (Å²) in [4.78, 5) is 11.8. The second-order valence-electron chi connectivity index (χ2n) is 4.45. The maximum atomic E-state index is 11.8. The SMILES string of the molecule is CC1OCCC1SCC(=O)Nc1cccc(C#N)c1. The number of carbonyl (C=O) groups excluding carboxylic acids is 1. The second-order valence-corrected chi connectivity index (χ2v) is 5.68. The molecule has 0 saturated carbocycles. The molecule has 2 atom stereocenters. The maximum Gasteiger partial charge on any atom is 0.234 e. The van der Waals surface area contributed by atoms with E-state index in [0.29, 0.717) is 22.3 Å². The fourth-order valence-electron chi connectivity index (χ4n) is 1.98. The van der Waals surface area contributed by atoms with Crippen LogP contribution in [0.4, 0.5) is 5.69 Å². The zero-order valence-corrected chi connectivity index (χ0v) is 11.6. The number of hydrogen-bond donors (Lipinski definition) is 1. The number of anilines is 1. The van der Waals surface area contributed by atoms with Gasteiger partial charge in [0.15, 0.2) is 0 Å². The third-order valence-corrected chi connectivity index (χ3v) is 4.49. The summed E-state index contributed by atoms with van der Waals surface area (Å²) in [6.45, 7) is 2.82. The number of ether oxygens (including phenoxy) is 1. The number of nitriles is 1. The van der Waals surface area contributed by atoms with Gasteiger partial charge in [-0.2, -0.15) is 5.26 Å². The number of rotatable bonds is 4. The minimum absolute atomic E-state index is 0.0424. The van der Waals surface area contributed by atoms with E-state index in [1.165, 1.54) is 0 Å². The van der Waals surface area contributed by atoms with Gasteiger partial charge in [-0.1, -0.05) is 6.07 Å². The van der Waals surface area contributed by atoms with Gasteiger partial charge in [0.05, 0.1) is 23.5 Å². The smallest absolute Gasteiger partial charge is 0.234 e. The highest BCUT2D eigenvalue weighted by Gasteiger charge is 2.25. The first-order chi connectivity index (χ1) is 9.19. The predicted molar refractivity (Wildman–Crippen MR) is 76.1 cm³/mol. The van der Waals surface area contributed by atoms with Gasteiger partial charge in [0.25, 0.3) is 0 Å². The Kier molecular flexibility index (Phi) is 4.83. The number of amides is 1. The summed E-state index contributed by atoms with van der Waals surface area (Å²) < 4.78 is 5.46. The summed E-state index contributed by atoms with van der Waals surface area (Å²) in [5, 5.41) is 12.0. The minimum atomic E-state index is -0.0424. The van der Waals surface area contributed by atoms with Crippen LogP contribution in [0.2, 0.25) is 0 Å². The predicted octanol–water partition coefficient (Wildman–Crippen LogP) is 2.41. The van der Waals surface area contributed by atoms with Gasteiger partial charge in [-0.15, -0.1) is 11.8 Å². The van der Waals surface area contributed by atoms with Gasteiger partial charge < -0.3 is 10.1 Å². The quantitative estimate of drug-likeness (QED) is 0.917. The molecule has 4 nitrogen and oxygen atoms in total. The van der Waals surface area contributed by atoms with Gasteiger partial charge in [-0.25, -0.2) is 0 Å². The molecule has 1 aliphatic heterocycles. The van der Waals surface area contributed by atoms with Crippen molar-refractivity contribution >= 4 is 23.4 Å². The molecule has 2 unspecified atom stereocenters. The Hall–Kier alpha value is -1.51. The molecule has 0 aliphatic carbocycles. The highest BCUT2D eigenvalue weighted by molar-refractivity contribution is 8.00. The molecule has 100 valence electrons. The molecule has 1 amide bonds.